The van der Waals surface area contributed by atoms with Crippen LogP contribution in [0.25, 0.3) is 22.8 Å². The zero-order valence-corrected chi connectivity index (χ0v) is 27.6. The van der Waals surface area contributed by atoms with Gasteiger partial charge in [0.1, 0.15) is 12.2 Å². The number of ether oxygens (including phenoxy) is 2. The van der Waals surface area contributed by atoms with Gasteiger partial charge in [-0.3, -0.25) is 19.2 Å². The van der Waals surface area contributed by atoms with Gasteiger partial charge >= 0.3 is 0 Å². The largest absolute Gasteiger partial charge is 0.436 e. The average molecular weight is 670 g/mol. The monoisotopic (exact) mass is 669 g/mol. The predicted octanol–water partition coefficient (Wildman–Crippen LogP) is 5.01. The Morgan fingerprint density at radius 1 is 0.653 bits per heavy atom. The first-order valence-electron chi connectivity index (χ1n) is 17.5. The van der Waals surface area contributed by atoms with Crippen molar-refractivity contribution in [2.75, 3.05) is 36.9 Å². The van der Waals surface area contributed by atoms with Gasteiger partial charge in [-0.25, -0.2) is 4.98 Å². The number of anilines is 2. The topological polar surface area (TPSA) is 143 Å². The highest BCUT2D eigenvalue weighted by Gasteiger charge is 2.37. The third-order valence-electron chi connectivity index (χ3n) is 9.95. The summed E-state index contributed by atoms with van der Waals surface area (Å²) in [5.74, 6) is 0.788. The zero-order chi connectivity index (χ0) is 33.7. The molecule has 1 aromatic heterocycles. The summed E-state index contributed by atoms with van der Waals surface area (Å²) in [4.78, 5) is 59.5. The molecule has 0 aliphatic carbocycles. The third kappa shape index (κ3) is 7.70. The predicted molar refractivity (Wildman–Crippen MR) is 181 cm³/mol. The first kappa shape index (κ1) is 33.0. The SMILES string of the molecule is O=C(C[C@@H]1CCCN1C(=O)C1CCCO1)Nc1ccc(-c2cnc(-c3ccc(NC(=O)C[C@@H]4CCCN4C(=O)C4CCCO4)cc3)o2)cc1. The Balaban J connectivity index is 0.895. The second kappa shape index (κ2) is 14.9. The molecule has 5 heterocycles. The summed E-state index contributed by atoms with van der Waals surface area (Å²) in [5.41, 5.74) is 2.89. The van der Waals surface area contributed by atoms with Gasteiger partial charge in [0.05, 0.1) is 6.20 Å². The van der Waals surface area contributed by atoms with Crippen molar-refractivity contribution in [2.45, 2.75) is 88.5 Å². The number of carbonyl (C=O) groups is 4. The fraction of sp³-hybridized carbons (Fsp3) is 0.486. The Labute approximate surface area is 285 Å². The van der Waals surface area contributed by atoms with Crippen molar-refractivity contribution >= 4 is 35.0 Å². The molecule has 12 nitrogen and oxygen atoms in total. The van der Waals surface area contributed by atoms with Crippen LogP contribution in [-0.2, 0) is 28.7 Å². The van der Waals surface area contributed by atoms with Crippen LogP contribution in [-0.4, -0.2) is 89.0 Å². The van der Waals surface area contributed by atoms with Gasteiger partial charge in [-0.15, -0.1) is 0 Å². The number of oxazole rings is 1. The number of rotatable bonds is 10. The molecule has 3 aromatic rings. The molecule has 7 rings (SSSR count). The van der Waals surface area contributed by atoms with Crippen LogP contribution in [0.3, 0.4) is 0 Å². The number of likely N-dealkylation sites (tertiary alicyclic amines) is 2. The average Bonchev–Trinajstić information content (AvgIpc) is 3.95. The third-order valence-corrected chi connectivity index (χ3v) is 9.95. The van der Waals surface area contributed by atoms with E-state index in [1.54, 1.807) is 6.20 Å². The van der Waals surface area contributed by atoms with E-state index >= 15 is 0 Å². The summed E-state index contributed by atoms with van der Waals surface area (Å²) < 4.78 is 17.2. The standard InChI is InChI=1S/C37H43N5O7/c43-33(21-28-5-1-17-41(28)36(45)30-7-3-19-47-30)39-26-13-9-24(10-14-26)32-23-38-35(49-32)25-11-15-27(16-12-25)40-34(44)22-29-6-2-18-42(29)37(46)31-8-4-20-48-31/h9-16,23,28-31H,1-8,17-22H2,(H,39,43)(H,40,44)/t28-,29-,30?,31?/m0/s1. The van der Waals surface area contributed by atoms with E-state index in [9.17, 15) is 19.2 Å². The highest BCUT2D eigenvalue weighted by molar-refractivity contribution is 5.93. The summed E-state index contributed by atoms with van der Waals surface area (Å²) in [6, 6.07) is 14.4. The summed E-state index contributed by atoms with van der Waals surface area (Å²) in [6.45, 7) is 2.59. The molecule has 4 amide bonds. The van der Waals surface area contributed by atoms with Crippen molar-refractivity contribution in [3.05, 3.63) is 54.7 Å². The maximum atomic E-state index is 12.9. The van der Waals surface area contributed by atoms with Crippen LogP contribution in [0.15, 0.2) is 59.1 Å². The van der Waals surface area contributed by atoms with Crippen molar-refractivity contribution in [1.29, 1.82) is 0 Å². The van der Waals surface area contributed by atoms with Gasteiger partial charge < -0.3 is 34.3 Å². The lowest BCUT2D eigenvalue weighted by Gasteiger charge is -2.26. The lowest BCUT2D eigenvalue weighted by atomic mass is 10.1. The van der Waals surface area contributed by atoms with E-state index in [-0.39, 0.29) is 60.8 Å². The highest BCUT2D eigenvalue weighted by atomic mass is 16.5. The zero-order valence-electron chi connectivity index (χ0n) is 27.6. The van der Waals surface area contributed by atoms with Crippen molar-refractivity contribution < 1.29 is 33.1 Å². The summed E-state index contributed by atoms with van der Waals surface area (Å²) in [5, 5.41) is 5.91. The molecule has 4 saturated heterocycles. The molecule has 2 N–H and O–H groups in total. The van der Waals surface area contributed by atoms with E-state index in [0.717, 1.165) is 62.5 Å². The van der Waals surface area contributed by atoms with Crippen LogP contribution in [0, 0.1) is 0 Å². The van der Waals surface area contributed by atoms with E-state index in [1.165, 1.54) is 0 Å². The molecule has 12 heteroatoms. The quantitative estimate of drug-likeness (QED) is 0.307. The molecular weight excluding hydrogens is 626 g/mol. The second-order valence-corrected chi connectivity index (χ2v) is 13.3. The Morgan fingerprint density at radius 3 is 1.61 bits per heavy atom. The minimum atomic E-state index is -0.366. The molecule has 0 bridgehead atoms. The normalized spacial score (nSPS) is 23.6. The smallest absolute Gasteiger partial charge is 0.251 e. The van der Waals surface area contributed by atoms with E-state index < -0.39 is 0 Å². The molecule has 4 atom stereocenters. The lowest BCUT2D eigenvalue weighted by Crippen LogP contribution is -2.43. The minimum absolute atomic E-state index is 0.0110. The molecule has 49 heavy (non-hydrogen) atoms. The fourth-order valence-corrected chi connectivity index (χ4v) is 7.40. The first-order chi connectivity index (χ1) is 23.9. The minimum Gasteiger partial charge on any atom is -0.436 e. The maximum Gasteiger partial charge on any atom is 0.251 e. The molecule has 258 valence electrons. The van der Waals surface area contributed by atoms with Gasteiger partial charge in [0.2, 0.25) is 17.7 Å². The highest BCUT2D eigenvalue weighted by Crippen LogP contribution is 2.30. The van der Waals surface area contributed by atoms with E-state index in [1.807, 2.05) is 58.3 Å². The molecule has 2 unspecified atom stereocenters. The maximum absolute atomic E-state index is 12.9. The molecule has 4 aliphatic rings. The van der Waals surface area contributed by atoms with Crippen LogP contribution in [0.4, 0.5) is 11.4 Å². The molecular formula is C37H43N5O7. The van der Waals surface area contributed by atoms with Gasteiger partial charge in [0.25, 0.3) is 11.8 Å². The molecule has 4 aliphatic heterocycles. The summed E-state index contributed by atoms with van der Waals surface area (Å²) >= 11 is 0. The van der Waals surface area contributed by atoms with Gasteiger partial charge in [0, 0.05) is 73.7 Å². The lowest BCUT2D eigenvalue weighted by molar-refractivity contribution is -0.143. The van der Waals surface area contributed by atoms with Crippen molar-refractivity contribution in [2.24, 2.45) is 0 Å². The van der Waals surface area contributed by atoms with Crippen molar-refractivity contribution in [1.82, 2.24) is 14.8 Å². The van der Waals surface area contributed by atoms with Crippen molar-refractivity contribution in [3.8, 4) is 22.8 Å². The van der Waals surface area contributed by atoms with Crippen LogP contribution >= 0.6 is 0 Å². The number of amides is 4. The molecule has 0 radical (unpaired) electrons. The molecule has 0 spiro atoms. The number of hydrogen-bond acceptors (Lipinski definition) is 8. The number of hydrogen-bond donors (Lipinski definition) is 2. The Morgan fingerprint density at radius 2 is 1.14 bits per heavy atom. The number of aromatic nitrogens is 1. The number of benzene rings is 2. The first-order valence-corrected chi connectivity index (χ1v) is 17.5. The van der Waals surface area contributed by atoms with Gasteiger partial charge in [0.15, 0.2) is 5.76 Å². The Hall–Kier alpha value is -4.55. The summed E-state index contributed by atoms with van der Waals surface area (Å²) in [6.07, 6.45) is 8.15. The van der Waals surface area contributed by atoms with Crippen LogP contribution in [0.1, 0.15) is 64.2 Å². The van der Waals surface area contributed by atoms with Crippen LogP contribution in [0.5, 0.6) is 0 Å². The van der Waals surface area contributed by atoms with E-state index in [0.29, 0.717) is 49.3 Å². The van der Waals surface area contributed by atoms with E-state index in [4.69, 9.17) is 13.9 Å². The molecule has 4 fully saturated rings. The van der Waals surface area contributed by atoms with E-state index in [2.05, 4.69) is 15.6 Å². The molecule has 0 saturated carbocycles. The van der Waals surface area contributed by atoms with Crippen molar-refractivity contribution in [3.63, 3.8) is 0 Å². The number of nitrogens with zero attached hydrogens (tertiary/aromatic N) is 3. The van der Waals surface area contributed by atoms with Gasteiger partial charge in [-0.05, 0) is 99.9 Å². The van der Waals surface area contributed by atoms with Gasteiger partial charge in [-0.2, -0.15) is 0 Å². The second-order valence-electron chi connectivity index (χ2n) is 13.3. The Bertz CT molecular complexity index is 1520. The Kier molecular flexibility index (Phi) is 10.0. The molecule has 2 aromatic carbocycles. The summed E-state index contributed by atoms with van der Waals surface area (Å²) in [7, 11) is 0. The number of nitrogens with one attached hydrogen (secondary N) is 2. The number of carbonyl (C=O) groups excluding carboxylic acids is 4. The fourth-order valence-electron chi connectivity index (χ4n) is 7.40. The van der Waals surface area contributed by atoms with Gasteiger partial charge in [-0.1, -0.05) is 0 Å². The van der Waals surface area contributed by atoms with Crippen LogP contribution < -0.4 is 10.6 Å². The van der Waals surface area contributed by atoms with Crippen LogP contribution in [0.2, 0.25) is 0 Å².